The van der Waals surface area contributed by atoms with Gasteiger partial charge in [-0.15, -0.1) is 0 Å². The summed E-state index contributed by atoms with van der Waals surface area (Å²) in [4.78, 5) is 37.4. The van der Waals surface area contributed by atoms with Crippen LogP contribution in [0, 0.1) is 6.92 Å². The second-order valence-corrected chi connectivity index (χ2v) is 7.65. The summed E-state index contributed by atoms with van der Waals surface area (Å²) in [6, 6.07) is 9.31. The van der Waals surface area contributed by atoms with Crippen LogP contribution in [-0.4, -0.2) is 59.6 Å². The quantitative estimate of drug-likeness (QED) is 0.603. The number of carboxylic acid groups (broad SMARTS) is 1. The Morgan fingerprint density at radius 3 is 2.69 bits per heavy atom. The Labute approximate surface area is 180 Å². The number of carboxylic acids is 1. The minimum Gasteiger partial charge on any atom is -0.480 e. The van der Waals surface area contributed by atoms with Crippen LogP contribution >= 0.6 is 0 Å². The van der Waals surface area contributed by atoms with Gasteiger partial charge in [0.2, 0.25) is 5.91 Å². The predicted octanol–water partition coefficient (Wildman–Crippen LogP) is 2.92. The molecule has 0 unspecified atom stereocenters. The molecule has 2 amide bonds. The maximum Gasteiger partial charge on any atom is 0.345 e. The van der Waals surface area contributed by atoms with Crippen molar-refractivity contribution >= 4 is 39.7 Å². The number of carbonyl (C=O) groups excluding carboxylic acids is 2. The number of hydrogen-bond acceptors (Lipinski definition) is 5. The van der Waals surface area contributed by atoms with Crippen LogP contribution in [0.25, 0.3) is 21.9 Å². The number of aryl methyl sites for hydroxylation is 1. The van der Waals surface area contributed by atoms with E-state index in [1.165, 1.54) is 0 Å². The number of aliphatic carboxylic acids is 1. The van der Waals surface area contributed by atoms with Crippen LogP contribution in [0.3, 0.4) is 0 Å². The van der Waals surface area contributed by atoms with Gasteiger partial charge in [-0.2, -0.15) is 8.78 Å². The number of likely N-dealkylation sites (tertiary alicyclic amines) is 1. The van der Waals surface area contributed by atoms with Gasteiger partial charge in [-0.25, -0.2) is 4.79 Å². The lowest BCUT2D eigenvalue weighted by Crippen LogP contribution is -2.45. The van der Waals surface area contributed by atoms with E-state index in [9.17, 15) is 28.3 Å². The first-order valence-electron chi connectivity index (χ1n) is 9.90. The number of fused-ring (bicyclic) bond motifs is 3. The molecule has 8 nitrogen and oxygen atoms in total. The summed E-state index contributed by atoms with van der Waals surface area (Å²) in [5.41, 5.74) is 2.64. The Kier molecular flexibility index (Phi) is 5.79. The fourth-order valence-corrected chi connectivity index (χ4v) is 3.94. The van der Waals surface area contributed by atoms with Gasteiger partial charge in [-0.1, -0.05) is 12.1 Å². The number of ether oxygens (including phenoxy) is 1. The summed E-state index contributed by atoms with van der Waals surface area (Å²) in [7, 11) is 0. The minimum atomic E-state index is -3.07. The zero-order valence-electron chi connectivity index (χ0n) is 17.0. The van der Waals surface area contributed by atoms with Crippen LogP contribution < -0.4 is 5.32 Å². The molecule has 168 valence electrons. The second-order valence-electron chi connectivity index (χ2n) is 7.65. The summed E-state index contributed by atoms with van der Waals surface area (Å²) in [6.07, 6.45) is -1.33. The topological polar surface area (TPSA) is 109 Å². The monoisotopic (exact) mass is 446 g/mol. The molecule has 0 radical (unpaired) electrons. The molecule has 1 fully saturated rings. The number of rotatable bonds is 6. The molecule has 1 saturated heterocycles. The molecule has 1 aliphatic rings. The average molecular weight is 446 g/mol. The summed E-state index contributed by atoms with van der Waals surface area (Å²) in [6.45, 7) is -1.89. The van der Waals surface area contributed by atoms with E-state index in [0.29, 0.717) is 16.7 Å². The first-order valence-corrected chi connectivity index (χ1v) is 9.90. The Hall–Kier alpha value is -3.53. The Morgan fingerprint density at radius 1 is 1.19 bits per heavy atom. The van der Waals surface area contributed by atoms with E-state index in [4.69, 9.17) is 4.42 Å². The smallest absolute Gasteiger partial charge is 0.345 e. The van der Waals surface area contributed by atoms with Gasteiger partial charge in [0.1, 0.15) is 17.2 Å². The number of carbonyl (C=O) groups is 3. The number of alkyl halides is 2. The van der Waals surface area contributed by atoms with Crippen LogP contribution in [0.2, 0.25) is 0 Å². The standard InChI is InChI=1S/C22H20F2N2O6/c1-11-2-4-14-15-7-12(3-5-17(15)32-18(14)6-11)20(28)25-9-19(27)26-10-13(31-22(23)24)8-16(26)21(29)30/h2-7,13,16,22H,8-10H2,1H3,(H,25,28)(H,29,30)/t13-,16+/m1/s1. The molecule has 0 saturated carbocycles. The van der Waals surface area contributed by atoms with Crippen LogP contribution in [0.5, 0.6) is 0 Å². The van der Waals surface area contributed by atoms with Crippen molar-refractivity contribution < 1.29 is 37.4 Å². The summed E-state index contributed by atoms with van der Waals surface area (Å²) >= 11 is 0. The highest BCUT2D eigenvalue weighted by Crippen LogP contribution is 2.30. The number of amides is 2. The van der Waals surface area contributed by atoms with Crippen molar-refractivity contribution in [3.8, 4) is 0 Å². The summed E-state index contributed by atoms with van der Waals surface area (Å²) in [5, 5.41) is 13.3. The molecule has 3 aromatic rings. The number of benzene rings is 2. The summed E-state index contributed by atoms with van der Waals surface area (Å²) < 4.78 is 35.1. The van der Waals surface area contributed by atoms with Gasteiger partial charge in [0, 0.05) is 29.3 Å². The Balaban J connectivity index is 1.45. The van der Waals surface area contributed by atoms with Gasteiger partial charge >= 0.3 is 12.6 Å². The van der Waals surface area contributed by atoms with E-state index < -0.39 is 43.1 Å². The van der Waals surface area contributed by atoms with Gasteiger partial charge in [0.15, 0.2) is 0 Å². The number of nitrogens with one attached hydrogen (secondary N) is 1. The van der Waals surface area contributed by atoms with Gasteiger partial charge in [0.25, 0.3) is 5.91 Å². The van der Waals surface area contributed by atoms with Gasteiger partial charge in [0.05, 0.1) is 12.6 Å². The molecule has 32 heavy (non-hydrogen) atoms. The summed E-state index contributed by atoms with van der Waals surface area (Å²) in [5.74, 6) is -2.55. The van der Waals surface area contributed by atoms with Crippen molar-refractivity contribution in [2.24, 2.45) is 0 Å². The molecule has 1 aliphatic heterocycles. The lowest BCUT2D eigenvalue weighted by atomic mass is 10.1. The molecular weight excluding hydrogens is 426 g/mol. The molecule has 2 aromatic carbocycles. The molecule has 0 aliphatic carbocycles. The molecule has 10 heteroatoms. The normalized spacial score (nSPS) is 18.6. The van der Waals surface area contributed by atoms with Crippen LogP contribution in [0.1, 0.15) is 22.3 Å². The Bertz CT molecular complexity index is 1210. The molecule has 1 aromatic heterocycles. The third kappa shape index (κ3) is 4.26. The number of furan rings is 1. The van der Waals surface area contributed by atoms with Crippen LogP contribution in [0.15, 0.2) is 40.8 Å². The molecule has 2 atom stereocenters. The van der Waals surface area contributed by atoms with Crippen LogP contribution in [0.4, 0.5) is 8.78 Å². The third-order valence-corrected chi connectivity index (χ3v) is 5.45. The molecule has 2 N–H and O–H groups in total. The zero-order valence-corrected chi connectivity index (χ0v) is 17.0. The fraction of sp³-hybridized carbons (Fsp3) is 0.318. The van der Waals surface area contributed by atoms with E-state index in [2.05, 4.69) is 10.1 Å². The van der Waals surface area contributed by atoms with Crippen molar-refractivity contribution in [2.45, 2.75) is 32.1 Å². The highest BCUT2D eigenvalue weighted by molar-refractivity contribution is 6.08. The first kappa shape index (κ1) is 21.7. The van der Waals surface area contributed by atoms with Gasteiger partial charge in [-0.05, 0) is 36.8 Å². The van der Waals surface area contributed by atoms with E-state index in [0.717, 1.165) is 21.2 Å². The molecule has 2 heterocycles. The molecular formula is C22H20F2N2O6. The SMILES string of the molecule is Cc1ccc2c(c1)oc1ccc(C(=O)NCC(=O)N3C[C@H](OC(F)F)C[C@H]3C(=O)O)cc12. The van der Waals surface area contributed by atoms with Crippen molar-refractivity contribution in [2.75, 3.05) is 13.1 Å². The van der Waals surface area contributed by atoms with Gasteiger partial charge < -0.3 is 24.5 Å². The second kappa shape index (κ2) is 8.54. The highest BCUT2D eigenvalue weighted by Gasteiger charge is 2.41. The highest BCUT2D eigenvalue weighted by atomic mass is 19.3. The minimum absolute atomic E-state index is 0.247. The largest absolute Gasteiger partial charge is 0.480 e. The maximum absolute atomic E-state index is 12.6. The maximum atomic E-state index is 12.6. The zero-order chi connectivity index (χ0) is 23.0. The number of hydrogen-bond donors (Lipinski definition) is 2. The van der Waals surface area contributed by atoms with Crippen molar-refractivity contribution in [1.29, 1.82) is 0 Å². The van der Waals surface area contributed by atoms with Crippen molar-refractivity contribution in [3.05, 3.63) is 47.5 Å². The first-order chi connectivity index (χ1) is 15.2. The average Bonchev–Trinajstić information content (AvgIpc) is 3.31. The number of halogens is 2. The lowest BCUT2D eigenvalue weighted by Gasteiger charge is -2.21. The van der Waals surface area contributed by atoms with E-state index in [-0.39, 0.29) is 13.0 Å². The van der Waals surface area contributed by atoms with Crippen molar-refractivity contribution in [3.63, 3.8) is 0 Å². The van der Waals surface area contributed by atoms with E-state index in [1.54, 1.807) is 18.2 Å². The van der Waals surface area contributed by atoms with Gasteiger partial charge in [-0.3, -0.25) is 9.59 Å². The number of nitrogens with zero attached hydrogens (tertiary/aromatic N) is 1. The van der Waals surface area contributed by atoms with E-state index in [1.807, 2.05) is 25.1 Å². The van der Waals surface area contributed by atoms with Crippen LogP contribution in [-0.2, 0) is 14.3 Å². The molecule has 0 spiro atoms. The predicted molar refractivity (Wildman–Crippen MR) is 109 cm³/mol. The van der Waals surface area contributed by atoms with Crippen molar-refractivity contribution in [1.82, 2.24) is 10.2 Å². The van der Waals surface area contributed by atoms with E-state index >= 15 is 0 Å². The Morgan fingerprint density at radius 2 is 1.97 bits per heavy atom. The molecule has 4 rings (SSSR count). The third-order valence-electron chi connectivity index (χ3n) is 5.45. The molecule has 0 bridgehead atoms. The lowest BCUT2D eigenvalue weighted by molar-refractivity contribution is -0.160. The fourth-order valence-electron chi connectivity index (χ4n) is 3.94.